The Balaban J connectivity index is 0.000000161. The summed E-state index contributed by atoms with van der Waals surface area (Å²) < 4.78 is 135. The summed E-state index contributed by atoms with van der Waals surface area (Å²) in [7, 11) is 0. The normalized spacial score (nSPS) is 12.1. The van der Waals surface area contributed by atoms with E-state index in [2.05, 4.69) is 52.3 Å². The van der Waals surface area contributed by atoms with Gasteiger partial charge in [-0.3, -0.25) is 0 Å². The van der Waals surface area contributed by atoms with Gasteiger partial charge in [0.05, 0.1) is 12.4 Å². The molecule has 0 saturated carbocycles. The molecule has 8 rings (SSSR count). The van der Waals surface area contributed by atoms with Gasteiger partial charge in [0.1, 0.15) is 11.6 Å². The number of aromatic nitrogens is 12. The number of hydrogen-bond donors (Lipinski definition) is 0. The second-order valence-electron chi connectivity index (χ2n) is 14.1. The van der Waals surface area contributed by atoms with E-state index in [0.29, 0.717) is 21.0 Å². The van der Waals surface area contributed by atoms with Crippen molar-refractivity contribution in [1.82, 2.24) is 57.4 Å². The SMILES string of the molecule is Cc1ccc(C)n1-c1ccn(C(F)(F)Br)n1.Cc1ccc(C)n1-c1ccn(C(F)(F)F)n1.Cc1ccc(C)n1-c1ccnn1C(F)(F)Br.Cc1ccc(C)n1-c1ccnn1C(F)(F)F. The molecule has 8 heterocycles. The van der Waals surface area contributed by atoms with E-state index >= 15 is 0 Å². The number of nitrogens with zero attached hydrogens (tertiary/aromatic N) is 12. The summed E-state index contributed by atoms with van der Waals surface area (Å²) >= 11 is 4.56. The average Bonchev–Trinajstić information content (AvgIpc) is 4.02. The summed E-state index contributed by atoms with van der Waals surface area (Å²) in [5, 5.41) is 14.2. The first-order valence-corrected chi connectivity index (χ1v) is 20.3. The minimum atomic E-state index is -4.50. The number of aryl methyl sites for hydroxylation is 8. The lowest BCUT2D eigenvalue weighted by atomic mass is 10.5. The van der Waals surface area contributed by atoms with Crippen LogP contribution in [0.3, 0.4) is 0 Å². The summed E-state index contributed by atoms with van der Waals surface area (Å²) in [4.78, 5) is -6.34. The first-order valence-electron chi connectivity index (χ1n) is 18.7. The minimum absolute atomic E-state index is 0.00120. The second kappa shape index (κ2) is 18.7. The quantitative estimate of drug-likeness (QED) is 0.123. The molecule has 64 heavy (non-hydrogen) atoms. The zero-order valence-corrected chi connectivity index (χ0v) is 38.3. The number of rotatable bonds is 6. The number of alkyl halides is 12. The molecule has 0 aliphatic heterocycles. The molecule has 0 aliphatic rings. The van der Waals surface area contributed by atoms with Crippen molar-refractivity contribution in [3.8, 4) is 23.3 Å². The highest BCUT2D eigenvalue weighted by Gasteiger charge is 2.35. The van der Waals surface area contributed by atoms with E-state index in [1.807, 2.05) is 82.5 Å². The van der Waals surface area contributed by atoms with Gasteiger partial charge >= 0.3 is 22.5 Å². The molecule has 0 aromatic carbocycles. The molecule has 8 aromatic rings. The summed E-state index contributed by atoms with van der Waals surface area (Å²) in [5.74, 6) is 1.10. The van der Waals surface area contributed by atoms with Gasteiger partial charge in [0.25, 0.3) is 0 Å². The van der Waals surface area contributed by atoms with Crippen LogP contribution in [-0.4, -0.2) is 57.4 Å². The molecule has 24 heteroatoms. The van der Waals surface area contributed by atoms with Crippen LogP contribution >= 0.6 is 31.9 Å². The highest BCUT2D eigenvalue weighted by Crippen LogP contribution is 2.32. The van der Waals surface area contributed by atoms with E-state index in [1.54, 1.807) is 47.2 Å². The van der Waals surface area contributed by atoms with Gasteiger partial charge in [0.15, 0.2) is 11.6 Å². The van der Waals surface area contributed by atoms with E-state index in [9.17, 15) is 43.9 Å². The molecule has 0 atom stereocenters. The van der Waals surface area contributed by atoms with Crippen molar-refractivity contribution in [3.05, 3.63) is 143 Å². The van der Waals surface area contributed by atoms with Crippen molar-refractivity contribution >= 4 is 31.9 Å². The molecule has 0 unspecified atom stereocenters. The molecule has 0 bridgehead atoms. The maximum Gasteiger partial charge on any atom is 0.506 e. The zero-order valence-electron chi connectivity index (χ0n) is 35.1. The van der Waals surface area contributed by atoms with Gasteiger partial charge in [-0.1, -0.05) is 0 Å². The standard InChI is InChI=1S/2C10H10BrF2N3.2C10H10F3N3/c1-7-3-4-8(2)16(7)9-5-6-15(14-9)10(11,12)13;1-7-3-4-8(2)15(7)9-5-6-14-16(9)10(11,12)13;1-7-3-4-8(2)16(7)9-5-6-15(14-9)10(11,12)13;1-7-3-4-8(2)15(7)9-5-6-14-16(9)10(11,12)13/h4*3-6H,1-2H3. The van der Waals surface area contributed by atoms with Crippen LogP contribution in [0.1, 0.15) is 45.6 Å². The molecule has 0 spiro atoms. The lowest BCUT2D eigenvalue weighted by molar-refractivity contribution is -0.212. The van der Waals surface area contributed by atoms with Crippen LogP contribution in [0.25, 0.3) is 23.3 Å². The van der Waals surface area contributed by atoms with Crippen LogP contribution in [0.15, 0.2) is 97.6 Å². The molecular formula is C40H40Br2F10N12. The molecule has 0 saturated heterocycles. The first-order chi connectivity index (χ1) is 29.6. The van der Waals surface area contributed by atoms with Crippen LogP contribution in [0.4, 0.5) is 43.9 Å². The van der Waals surface area contributed by atoms with E-state index in [1.165, 1.54) is 29.1 Å². The Morgan fingerprint density at radius 1 is 0.375 bits per heavy atom. The fourth-order valence-corrected chi connectivity index (χ4v) is 7.06. The smallest absolute Gasteiger partial charge is 0.303 e. The monoisotopic (exact) mass is 1040 g/mol. The Kier molecular flexibility index (Phi) is 14.4. The van der Waals surface area contributed by atoms with Crippen molar-refractivity contribution in [2.24, 2.45) is 0 Å². The van der Waals surface area contributed by atoms with Crippen molar-refractivity contribution in [2.75, 3.05) is 0 Å². The summed E-state index contributed by atoms with van der Waals surface area (Å²) in [6, 6.07) is 20.6. The summed E-state index contributed by atoms with van der Waals surface area (Å²) in [5.41, 5.74) is 6.87. The molecular weight excluding hydrogens is 998 g/mol. The third-order valence-corrected chi connectivity index (χ3v) is 10.1. The van der Waals surface area contributed by atoms with E-state index in [-0.39, 0.29) is 21.0 Å². The molecule has 0 N–H and O–H groups in total. The molecule has 344 valence electrons. The minimum Gasteiger partial charge on any atom is -0.303 e. The van der Waals surface area contributed by atoms with Gasteiger partial charge in [0, 0.05) is 114 Å². The van der Waals surface area contributed by atoms with Gasteiger partial charge in [-0.25, -0.2) is 0 Å². The van der Waals surface area contributed by atoms with Crippen molar-refractivity contribution in [1.29, 1.82) is 0 Å². The van der Waals surface area contributed by atoms with E-state index in [0.717, 1.165) is 57.9 Å². The Morgan fingerprint density at radius 2 is 0.688 bits per heavy atom. The first kappa shape index (κ1) is 49.2. The molecule has 0 aliphatic carbocycles. The Hall–Kier alpha value is -5.78. The zero-order chi connectivity index (χ0) is 47.7. The Labute approximate surface area is 376 Å². The fourth-order valence-electron chi connectivity index (χ4n) is 6.59. The molecule has 0 fully saturated rings. The van der Waals surface area contributed by atoms with Crippen LogP contribution in [0.2, 0.25) is 0 Å². The molecule has 0 amide bonds. The molecule has 0 radical (unpaired) electrons. The third kappa shape index (κ3) is 11.1. The van der Waals surface area contributed by atoms with Gasteiger partial charge in [-0.15, -0.1) is 36.5 Å². The van der Waals surface area contributed by atoms with Crippen LogP contribution in [0.5, 0.6) is 0 Å². The average molecular weight is 1040 g/mol. The van der Waals surface area contributed by atoms with Crippen molar-refractivity contribution in [3.63, 3.8) is 0 Å². The van der Waals surface area contributed by atoms with Gasteiger partial charge in [-0.05, 0) is 104 Å². The third-order valence-electron chi connectivity index (χ3n) is 9.40. The highest BCUT2D eigenvalue weighted by atomic mass is 79.9. The van der Waals surface area contributed by atoms with E-state index in [4.69, 9.17) is 0 Å². The molecule has 12 nitrogen and oxygen atoms in total. The van der Waals surface area contributed by atoms with Gasteiger partial charge < -0.3 is 18.3 Å². The highest BCUT2D eigenvalue weighted by molar-refractivity contribution is 9.09. The Morgan fingerprint density at radius 3 is 0.984 bits per heavy atom. The Bertz CT molecular complexity index is 2530. The van der Waals surface area contributed by atoms with Crippen molar-refractivity contribution < 1.29 is 43.9 Å². The van der Waals surface area contributed by atoms with Crippen LogP contribution < -0.4 is 0 Å². The van der Waals surface area contributed by atoms with Crippen LogP contribution in [-0.2, 0) is 22.5 Å². The van der Waals surface area contributed by atoms with E-state index < -0.39 is 22.5 Å². The van der Waals surface area contributed by atoms with Crippen LogP contribution in [0, 0.1) is 55.4 Å². The van der Waals surface area contributed by atoms with Crippen molar-refractivity contribution in [2.45, 2.75) is 77.9 Å². The van der Waals surface area contributed by atoms with Gasteiger partial charge in [-0.2, -0.15) is 46.5 Å². The lowest BCUT2D eigenvalue weighted by Gasteiger charge is -2.15. The largest absolute Gasteiger partial charge is 0.506 e. The maximum atomic E-state index is 13.2. The fraction of sp³-hybridized carbons (Fsp3) is 0.300. The second-order valence-corrected chi connectivity index (χ2v) is 16.0. The maximum absolute atomic E-state index is 13.2. The predicted octanol–water partition coefficient (Wildman–Crippen LogP) is 11.9. The molecule has 8 aromatic heterocycles. The predicted molar refractivity (Wildman–Crippen MR) is 225 cm³/mol. The topological polar surface area (TPSA) is 91.0 Å². The number of halogens is 12. The van der Waals surface area contributed by atoms with Gasteiger partial charge in [0.2, 0.25) is 0 Å². The summed E-state index contributed by atoms with van der Waals surface area (Å²) in [6.45, 7) is 14.7. The lowest BCUT2D eigenvalue weighted by Crippen LogP contribution is -2.22. The summed E-state index contributed by atoms with van der Waals surface area (Å²) in [6.07, 6.45) is -4.32. The number of hydrogen-bond acceptors (Lipinski definition) is 4.